The zero-order valence-corrected chi connectivity index (χ0v) is 15.0. The van der Waals surface area contributed by atoms with Crippen LogP contribution >= 0.6 is 0 Å². The van der Waals surface area contributed by atoms with Crippen molar-refractivity contribution < 1.29 is 5.11 Å². The minimum absolute atomic E-state index is 0.00765. The lowest BCUT2D eigenvalue weighted by atomic mass is 10.1. The molecule has 8 nitrogen and oxygen atoms in total. The molecule has 0 aliphatic carbocycles. The Morgan fingerprint density at radius 2 is 2.11 bits per heavy atom. The summed E-state index contributed by atoms with van der Waals surface area (Å²) in [5.74, 6) is 0. The third-order valence-corrected chi connectivity index (χ3v) is 4.72. The summed E-state index contributed by atoms with van der Waals surface area (Å²) in [7, 11) is 0. The number of aliphatic imine (C=N–C) groups is 1. The van der Waals surface area contributed by atoms with Crippen LogP contribution in [0.4, 0.5) is 0 Å². The van der Waals surface area contributed by atoms with E-state index in [0.717, 1.165) is 27.7 Å². The van der Waals surface area contributed by atoms with E-state index in [0.29, 0.717) is 24.3 Å². The molecular formula is C20H17N7O. The van der Waals surface area contributed by atoms with Gasteiger partial charge in [0.1, 0.15) is 0 Å². The fourth-order valence-electron chi connectivity index (χ4n) is 3.31. The molecule has 0 saturated carbocycles. The molecule has 138 valence electrons. The number of pyridine rings is 1. The first-order valence-corrected chi connectivity index (χ1v) is 9.06. The van der Waals surface area contributed by atoms with Gasteiger partial charge in [-0.25, -0.2) is 14.6 Å². The predicted molar refractivity (Wildman–Crippen MR) is 106 cm³/mol. The van der Waals surface area contributed by atoms with Gasteiger partial charge < -0.3 is 5.11 Å². The molecule has 1 atom stereocenters. The van der Waals surface area contributed by atoms with Gasteiger partial charge in [-0.05, 0) is 36.3 Å². The average molecular weight is 371 g/mol. The first-order chi connectivity index (χ1) is 13.8. The Balaban J connectivity index is 1.48. The number of aliphatic hydroxyl groups excluding tert-OH is 1. The molecule has 1 aliphatic heterocycles. The molecule has 28 heavy (non-hydrogen) atoms. The van der Waals surface area contributed by atoms with E-state index in [-0.39, 0.29) is 12.6 Å². The molecule has 0 spiro atoms. The van der Waals surface area contributed by atoms with Gasteiger partial charge in [-0.15, -0.1) is 5.10 Å². The van der Waals surface area contributed by atoms with Crippen LogP contribution in [0.2, 0.25) is 0 Å². The number of nitrogens with zero attached hydrogens (tertiary/aromatic N) is 7. The minimum atomic E-state index is -0.00765. The highest BCUT2D eigenvalue weighted by Gasteiger charge is 2.16. The van der Waals surface area contributed by atoms with Gasteiger partial charge in [0.15, 0.2) is 5.65 Å². The number of rotatable bonds is 5. The van der Waals surface area contributed by atoms with Gasteiger partial charge in [-0.1, -0.05) is 17.3 Å². The Hall–Kier alpha value is -3.52. The molecule has 0 bridgehead atoms. The van der Waals surface area contributed by atoms with Crippen molar-refractivity contribution in [2.45, 2.75) is 19.0 Å². The highest BCUT2D eigenvalue weighted by Crippen LogP contribution is 2.20. The lowest BCUT2D eigenvalue weighted by Crippen LogP contribution is -2.04. The molecule has 0 radical (unpaired) electrons. The number of allylic oxidation sites excluding steroid dienone is 1. The molecule has 0 fully saturated rings. The van der Waals surface area contributed by atoms with Crippen LogP contribution in [0.25, 0.3) is 27.8 Å². The van der Waals surface area contributed by atoms with Gasteiger partial charge >= 0.3 is 0 Å². The van der Waals surface area contributed by atoms with Gasteiger partial charge in [-0.2, -0.15) is 0 Å². The molecule has 1 N–H and O–H groups in total. The highest BCUT2D eigenvalue weighted by atomic mass is 16.3. The number of fused-ring (bicyclic) bond motifs is 2. The molecule has 0 amide bonds. The van der Waals surface area contributed by atoms with E-state index in [9.17, 15) is 0 Å². The molecule has 1 unspecified atom stereocenters. The van der Waals surface area contributed by atoms with Crippen LogP contribution in [-0.2, 0) is 6.54 Å². The molecule has 4 heterocycles. The Morgan fingerprint density at radius 3 is 3.04 bits per heavy atom. The summed E-state index contributed by atoms with van der Waals surface area (Å²) in [6.45, 7) is 0.647. The third-order valence-electron chi connectivity index (χ3n) is 4.72. The van der Waals surface area contributed by atoms with Gasteiger partial charge in [0, 0.05) is 30.0 Å². The standard InChI is InChI=1S/C20H17N7O/c28-7-5-16-9-15(10-22-16)18-11-23-19-20(24-18)27(26-25-19)12-13-3-4-17-14(8-13)2-1-6-21-17/h1-4,6,8-11,16,28H,5,7,12H2. The smallest absolute Gasteiger partial charge is 0.221 e. The van der Waals surface area contributed by atoms with Crippen molar-refractivity contribution in [3.05, 3.63) is 60.1 Å². The van der Waals surface area contributed by atoms with Crippen molar-refractivity contribution in [2.75, 3.05) is 6.61 Å². The zero-order valence-electron chi connectivity index (χ0n) is 15.0. The van der Waals surface area contributed by atoms with E-state index >= 15 is 0 Å². The number of aromatic nitrogens is 6. The van der Waals surface area contributed by atoms with Gasteiger partial charge in [-0.3, -0.25) is 9.98 Å². The van der Waals surface area contributed by atoms with Crippen molar-refractivity contribution in [1.82, 2.24) is 29.9 Å². The first kappa shape index (κ1) is 16.6. The van der Waals surface area contributed by atoms with E-state index in [4.69, 9.17) is 10.1 Å². The first-order valence-electron chi connectivity index (χ1n) is 9.06. The van der Waals surface area contributed by atoms with E-state index in [1.54, 1.807) is 23.3 Å². The quantitative estimate of drug-likeness (QED) is 0.576. The minimum Gasteiger partial charge on any atom is -0.396 e. The van der Waals surface area contributed by atoms with Crippen molar-refractivity contribution in [3.8, 4) is 0 Å². The Kier molecular flexibility index (Phi) is 4.10. The van der Waals surface area contributed by atoms with Crippen molar-refractivity contribution in [3.63, 3.8) is 0 Å². The Morgan fingerprint density at radius 1 is 1.14 bits per heavy atom. The van der Waals surface area contributed by atoms with Crippen LogP contribution in [0.3, 0.4) is 0 Å². The van der Waals surface area contributed by atoms with E-state index < -0.39 is 0 Å². The summed E-state index contributed by atoms with van der Waals surface area (Å²) in [6, 6.07) is 10.1. The third kappa shape index (κ3) is 3.03. The van der Waals surface area contributed by atoms with Gasteiger partial charge in [0.05, 0.1) is 30.0 Å². The maximum atomic E-state index is 9.08. The second-order valence-corrected chi connectivity index (χ2v) is 6.66. The number of hydrogen-bond acceptors (Lipinski definition) is 7. The number of aliphatic hydroxyl groups is 1. The predicted octanol–water partition coefficient (Wildman–Crippen LogP) is 2.04. The SMILES string of the molecule is OCCC1C=C(c2cnc3nnn(Cc4ccc5ncccc5c4)c3n2)C=N1. The topological polar surface area (TPSA) is 102 Å². The second-order valence-electron chi connectivity index (χ2n) is 6.66. The molecule has 4 aromatic rings. The summed E-state index contributed by atoms with van der Waals surface area (Å²) < 4.78 is 1.75. The van der Waals surface area contributed by atoms with E-state index in [2.05, 4.69) is 31.3 Å². The molecular weight excluding hydrogens is 354 g/mol. The van der Waals surface area contributed by atoms with Crippen LogP contribution in [0, 0.1) is 0 Å². The van der Waals surface area contributed by atoms with Gasteiger partial charge in [0.2, 0.25) is 5.65 Å². The van der Waals surface area contributed by atoms with Crippen LogP contribution in [0.15, 0.2) is 53.8 Å². The molecule has 0 saturated heterocycles. The fourth-order valence-corrected chi connectivity index (χ4v) is 3.31. The molecule has 5 rings (SSSR count). The second kappa shape index (κ2) is 6.90. The van der Waals surface area contributed by atoms with Crippen LogP contribution in [0.1, 0.15) is 17.7 Å². The molecule has 1 aliphatic rings. The average Bonchev–Trinajstić information content (AvgIpc) is 3.35. The van der Waals surface area contributed by atoms with Crippen LogP contribution in [-0.4, -0.2) is 53.9 Å². The summed E-state index contributed by atoms with van der Waals surface area (Å²) >= 11 is 0. The molecule has 3 aromatic heterocycles. The van der Waals surface area contributed by atoms with Gasteiger partial charge in [0.25, 0.3) is 0 Å². The fraction of sp³-hybridized carbons (Fsp3) is 0.200. The molecule has 8 heteroatoms. The maximum Gasteiger partial charge on any atom is 0.221 e. The summed E-state index contributed by atoms with van der Waals surface area (Å²) in [5.41, 5.74) is 4.81. The van der Waals surface area contributed by atoms with E-state index in [1.165, 1.54) is 0 Å². The lowest BCUT2D eigenvalue weighted by Gasteiger charge is -2.05. The summed E-state index contributed by atoms with van der Waals surface area (Å²) in [5, 5.41) is 18.5. The highest BCUT2D eigenvalue weighted by molar-refractivity contribution is 6.11. The van der Waals surface area contributed by atoms with Crippen molar-refractivity contribution in [2.24, 2.45) is 4.99 Å². The number of hydrogen-bond donors (Lipinski definition) is 1. The van der Waals surface area contributed by atoms with E-state index in [1.807, 2.05) is 30.3 Å². The van der Waals surface area contributed by atoms with Crippen molar-refractivity contribution in [1.29, 1.82) is 0 Å². The molecule has 1 aromatic carbocycles. The summed E-state index contributed by atoms with van der Waals surface area (Å²) in [4.78, 5) is 17.8. The maximum absolute atomic E-state index is 9.08. The van der Waals surface area contributed by atoms with Crippen molar-refractivity contribution >= 4 is 34.0 Å². The summed E-state index contributed by atoms with van der Waals surface area (Å²) in [6.07, 6.45) is 7.85. The normalized spacial score (nSPS) is 16.2. The van der Waals surface area contributed by atoms with Crippen LogP contribution in [0.5, 0.6) is 0 Å². The van der Waals surface area contributed by atoms with Crippen LogP contribution < -0.4 is 0 Å². The number of benzene rings is 1. The lowest BCUT2D eigenvalue weighted by molar-refractivity contribution is 0.284. The largest absolute Gasteiger partial charge is 0.396 e. The Labute approximate surface area is 160 Å². The monoisotopic (exact) mass is 371 g/mol. The zero-order chi connectivity index (χ0) is 18.9. The Bertz CT molecular complexity index is 1230.